The number of carbonyl (C=O) groups excluding carboxylic acids is 1. The second-order valence-corrected chi connectivity index (χ2v) is 4.35. The minimum absolute atomic E-state index is 0.0376. The first-order valence-corrected chi connectivity index (χ1v) is 6.02. The van der Waals surface area contributed by atoms with Crippen LogP contribution < -0.4 is 5.32 Å². The van der Waals surface area contributed by atoms with Gasteiger partial charge < -0.3 is 9.73 Å². The second-order valence-electron chi connectivity index (χ2n) is 4.35. The van der Waals surface area contributed by atoms with Gasteiger partial charge in [-0.3, -0.25) is 4.79 Å². The molecule has 1 amide bonds. The van der Waals surface area contributed by atoms with E-state index in [4.69, 9.17) is 9.68 Å². The van der Waals surface area contributed by atoms with Crippen LogP contribution in [0.5, 0.6) is 0 Å². The van der Waals surface area contributed by atoms with Crippen LogP contribution >= 0.6 is 0 Å². The number of nitrogens with zero attached hydrogens (tertiary/aromatic N) is 1. The molecule has 0 aliphatic rings. The van der Waals surface area contributed by atoms with Gasteiger partial charge in [0.25, 0.3) is 5.91 Å². The summed E-state index contributed by atoms with van der Waals surface area (Å²) in [6.45, 7) is 1.91. The van der Waals surface area contributed by atoms with Gasteiger partial charge in [0.15, 0.2) is 0 Å². The van der Waals surface area contributed by atoms with E-state index >= 15 is 0 Å². The third-order valence-electron chi connectivity index (χ3n) is 2.72. The van der Waals surface area contributed by atoms with Gasteiger partial charge in [-0.05, 0) is 37.3 Å². The molecule has 0 saturated heterocycles. The van der Waals surface area contributed by atoms with E-state index in [-0.39, 0.29) is 11.9 Å². The molecule has 1 aromatic heterocycles. The molecule has 1 atom stereocenters. The van der Waals surface area contributed by atoms with E-state index in [2.05, 4.69) is 5.32 Å². The van der Waals surface area contributed by atoms with Gasteiger partial charge in [-0.2, -0.15) is 5.26 Å². The highest BCUT2D eigenvalue weighted by Gasteiger charge is 2.11. The molecule has 96 valence electrons. The highest BCUT2D eigenvalue weighted by molar-refractivity contribution is 5.94. The number of nitrogens with one attached hydrogen (secondary N) is 1. The highest BCUT2D eigenvalue weighted by Crippen LogP contribution is 2.07. The van der Waals surface area contributed by atoms with Crippen LogP contribution in [0.3, 0.4) is 0 Å². The topological polar surface area (TPSA) is 66.0 Å². The lowest BCUT2D eigenvalue weighted by molar-refractivity contribution is 0.0939. The van der Waals surface area contributed by atoms with Crippen LogP contribution in [0.25, 0.3) is 0 Å². The second kappa shape index (κ2) is 5.87. The highest BCUT2D eigenvalue weighted by atomic mass is 16.3. The Kier molecular flexibility index (Phi) is 3.99. The van der Waals surface area contributed by atoms with Crippen molar-refractivity contribution < 1.29 is 9.21 Å². The molecule has 1 heterocycles. The van der Waals surface area contributed by atoms with E-state index in [0.717, 1.165) is 5.76 Å². The lowest BCUT2D eigenvalue weighted by atomic mass is 10.1. The van der Waals surface area contributed by atoms with E-state index in [0.29, 0.717) is 17.5 Å². The summed E-state index contributed by atoms with van der Waals surface area (Å²) in [5.74, 6) is 0.648. The summed E-state index contributed by atoms with van der Waals surface area (Å²) < 4.78 is 5.23. The van der Waals surface area contributed by atoms with Gasteiger partial charge >= 0.3 is 0 Å². The van der Waals surface area contributed by atoms with Crippen LogP contribution in [-0.4, -0.2) is 11.9 Å². The molecule has 0 spiro atoms. The van der Waals surface area contributed by atoms with E-state index in [1.54, 1.807) is 30.5 Å². The van der Waals surface area contributed by atoms with E-state index in [9.17, 15) is 4.79 Å². The summed E-state index contributed by atoms with van der Waals surface area (Å²) >= 11 is 0. The molecule has 0 aliphatic carbocycles. The summed E-state index contributed by atoms with van der Waals surface area (Å²) in [6.07, 6.45) is 2.25. The van der Waals surface area contributed by atoms with Crippen LogP contribution in [0.1, 0.15) is 28.6 Å². The van der Waals surface area contributed by atoms with Gasteiger partial charge in [-0.25, -0.2) is 0 Å². The summed E-state index contributed by atoms with van der Waals surface area (Å²) in [5.41, 5.74) is 0.969. The van der Waals surface area contributed by atoms with Crippen LogP contribution in [0.2, 0.25) is 0 Å². The molecule has 0 radical (unpaired) electrons. The molecule has 4 nitrogen and oxygen atoms in total. The molecule has 4 heteroatoms. The molecule has 0 fully saturated rings. The van der Waals surface area contributed by atoms with E-state index in [1.807, 2.05) is 25.1 Å². The van der Waals surface area contributed by atoms with Gasteiger partial charge in [0.1, 0.15) is 5.76 Å². The molecule has 1 aromatic carbocycles. The smallest absolute Gasteiger partial charge is 0.251 e. The largest absolute Gasteiger partial charge is 0.469 e. The summed E-state index contributed by atoms with van der Waals surface area (Å²) in [7, 11) is 0. The summed E-state index contributed by atoms with van der Waals surface area (Å²) in [5, 5.41) is 11.7. The molecule has 0 unspecified atom stereocenters. The quantitative estimate of drug-likeness (QED) is 0.911. The number of nitriles is 1. The molecule has 0 aliphatic heterocycles. The van der Waals surface area contributed by atoms with Crippen molar-refractivity contribution in [3.8, 4) is 6.07 Å². The summed E-state index contributed by atoms with van der Waals surface area (Å²) in [4.78, 5) is 12.0. The Morgan fingerprint density at radius 2 is 2.26 bits per heavy atom. The standard InChI is InChI=1S/C15H14N2O2/c1-11(8-14-6-3-7-19-14)17-15(18)13-5-2-4-12(9-13)10-16/h2-7,9,11H,8H2,1H3,(H,17,18)/t11-/m0/s1. The zero-order valence-corrected chi connectivity index (χ0v) is 10.6. The summed E-state index contributed by atoms with van der Waals surface area (Å²) in [6, 6.07) is 12.3. The average Bonchev–Trinajstić information content (AvgIpc) is 2.91. The van der Waals surface area contributed by atoms with Crippen LogP contribution in [0.4, 0.5) is 0 Å². The minimum Gasteiger partial charge on any atom is -0.469 e. The van der Waals surface area contributed by atoms with Crippen molar-refractivity contribution in [2.45, 2.75) is 19.4 Å². The van der Waals surface area contributed by atoms with Crippen molar-refractivity contribution in [1.29, 1.82) is 5.26 Å². The zero-order chi connectivity index (χ0) is 13.7. The third-order valence-corrected chi connectivity index (χ3v) is 2.72. The van der Waals surface area contributed by atoms with E-state index < -0.39 is 0 Å². The third kappa shape index (κ3) is 3.46. The predicted molar refractivity (Wildman–Crippen MR) is 70.5 cm³/mol. The number of furan rings is 1. The van der Waals surface area contributed by atoms with Crippen LogP contribution in [0.15, 0.2) is 47.1 Å². The lowest BCUT2D eigenvalue weighted by Gasteiger charge is -2.12. The predicted octanol–water partition coefficient (Wildman–Crippen LogP) is 2.51. The van der Waals surface area contributed by atoms with Crippen molar-refractivity contribution >= 4 is 5.91 Å². The van der Waals surface area contributed by atoms with Gasteiger partial charge in [0, 0.05) is 18.0 Å². The van der Waals surface area contributed by atoms with Crippen molar-refractivity contribution in [1.82, 2.24) is 5.32 Å². The van der Waals surface area contributed by atoms with Crippen molar-refractivity contribution in [3.05, 3.63) is 59.5 Å². The Morgan fingerprint density at radius 3 is 2.95 bits per heavy atom. The number of hydrogen-bond acceptors (Lipinski definition) is 3. The molecular weight excluding hydrogens is 240 g/mol. The lowest BCUT2D eigenvalue weighted by Crippen LogP contribution is -2.34. The first-order chi connectivity index (χ1) is 9.19. The Labute approximate surface area is 111 Å². The molecular formula is C15H14N2O2. The first kappa shape index (κ1) is 12.9. The number of benzene rings is 1. The van der Waals surface area contributed by atoms with Gasteiger partial charge in [0.05, 0.1) is 17.9 Å². The Hall–Kier alpha value is -2.54. The minimum atomic E-state index is -0.184. The number of carbonyl (C=O) groups is 1. The fraction of sp³-hybridized carbons (Fsp3) is 0.200. The Bertz CT molecular complexity index is 597. The molecule has 2 aromatic rings. The SMILES string of the molecule is C[C@@H](Cc1ccco1)NC(=O)c1cccc(C#N)c1. The van der Waals surface area contributed by atoms with Gasteiger partial charge in [0.2, 0.25) is 0 Å². The maximum Gasteiger partial charge on any atom is 0.251 e. The molecule has 1 N–H and O–H groups in total. The first-order valence-electron chi connectivity index (χ1n) is 6.02. The number of amides is 1. The molecule has 19 heavy (non-hydrogen) atoms. The molecule has 2 rings (SSSR count). The monoisotopic (exact) mass is 254 g/mol. The van der Waals surface area contributed by atoms with E-state index in [1.165, 1.54) is 0 Å². The molecule has 0 saturated carbocycles. The Morgan fingerprint density at radius 1 is 1.42 bits per heavy atom. The maximum absolute atomic E-state index is 12.0. The number of hydrogen-bond donors (Lipinski definition) is 1. The fourth-order valence-electron chi connectivity index (χ4n) is 1.82. The van der Waals surface area contributed by atoms with Crippen LogP contribution in [-0.2, 0) is 6.42 Å². The number of rotatable bonds is 4. The zero-order valence-electron chi connectivity index (χ0n) is 10.6. The average molecular weight is 254 g/mol. The van der Waals surface area contributed by atoms with Gasteiger partial charge in [-0.15, -0.1) is 0 Å². The van der Waals surface area contributed by atoms with Gasteiger partial charge in [-0.1, -0.05) is 6.07 Å². The van der Waals surface area contributed by atoms with Crippen LogP contribution in [0, 0.1) is 11.3 Å². The normalized spacial score (nSPS) is 11.6. The molecule has 0 bridgehead atoms. The Balaban J connectivity index is 1.98. The fourth-order valence-corrected chi connectivity index (χ4v) is 1.82. The van der Waals surface area contributed by atoms with Crippen molar-refractivity contribution in [2.24, 2.45) is 0 Å². The van der Waals surface area contributed by atoms with Crippen molar-refractivity contribution in [3.63, 3.8) is 0 Å². The van der Waals surface area contributed by atoms with Crippen molar-refractivity contribution in [2.75, 3.05) is 0 Å². The maximum atomic E-state index is 12.0.